The molecule has 0 spiro atoms. The fourth-order valence-electron chi connectivity index (χ4n) is 2.60. The van der Waals surface area contributed by atoms with Gasteiger partial charge in [-0.2, -0.15) is 0 Å². The van der Waals surface area contributed by atoms with Gasteiger partial charge in [0.15, 0.2) is 0 Å². The van der Waals surface area contributed by atoms with Crippen molar-refractivity contribution >= 4 is 11.8 Å². The van der Waals surface area contributed by atoms with Crippen molar-refractivity contribution < 1.29 is 14.0 Å². The van der Waals surface area contributed by atoms with Gasteiger partial charge in [-0.25, -0.2) is 4.39 Å². The lowest BCUT2D eigenvalue weighted by Crippen LogP contribution is -2.32. The second-order valence-corrected chi connectivity index (χ2v) is 6.20. The minimum Gasteiger partial charge on any atom is -0.366 e. The van der Waals surface area contributed by atoms with Gasteiger partial charge in [0.05, 0.1) is 0 Å². The van der Waals surface area contributed by atoms with Crippen LogP contribution in [-0.4, -0.2) is 23.3 Å². The van der Waals surface area contributed by atoms with E-state index in [-0.39, 0.29) is 11.7 Å². The summed E-state index contributed by atoms with van der Waals surface area (Å²) in [6, 6.07) is 12.5. The fraction of sp³-hybridized carbons (Fsp3) is 0.263. The number of amides is 2. The van der Waals surface area contributed by atoms with Gasteiger partial charge in [0.1, 0.15) is 5.82 Å². The topological polar surface area (TPSA) is 63.4 Å². The SMILES string of the molecule is NC(=O)c1ccc(C(=O)N(Cc2ccc(F)cc2)CC2CC2)cc1. The van der Waals surface area contributed by atoms with Crippen LogP contribution in [-0.2, 0) is 6.54 Å². The Morgan fingerprint density at radius 2 is 1.58 bits per heavy atom. The van der Waals surface area contributed by atoms with Crippen LogP contribution in [0.2, 0.25) is 0 Å². The van der Waals surface area contributed by atoms with E-state index in [2.05, 4.69) is 0 Å². The number of nitrogens with zero attached hydrogens (tertiary/aromatic N) is 1. The Morgan fingerprint density at radius 1 is 1.00 bits per heavy atom. The van der Waals surface area contributed by atoms with Gasteiger partial charge in [-0.3, -0.25) is 9.59 Å². The number of primary amides is 1. The van der Waals surface area contributed by atoms with Crippen LogP contribution in [0.1, 0.15) is 39.1 Å². The fourth-order valence-corrected chi connectivity index (χ4v) is 2.60. The second-order valence-electron chi connectivity index (χ2n) is 6.20. The molecule has 0 aliphatic heterocycles. The summed E-state index contributed by atoms with van der Waals surface area (Å²) in [6.07, 6.45) is 2.27. The molecule has 1 aliphatic carbocycles. The zero-order chi connectivity index (χ0) is 17.1. The summed E-state index contributed by atoms with van der Waals surface area (Å²) in [6.45, 7) is 1.13. The zero-order valence-corrected chi connectivity index (χ0v) is 13.2. The minimum atomic E-state index is -0.518. The first kappa shape index (κ1) is 16.2. The molecule has 2 aromatic carbocycles. The molecule has 4 nitrogen and oxygen atoms in total. The van der Waals surface area contributed by atoms with E-state index in [0.29, 0.717) is 30.1 Å². The number of nitrogens with two attached hydrogens (primary N) is 1. The highest BCUT2D eigenvalue weighted by atomic mass is 19.1. The Bertz CT molecular complexity index is 737. The van der Waals surface area contributed by atoms with Crippen molar-refractivity contribution in [3.05, 3.63) is 71.0 Å². The van der Waals surface area contributed by atoms with Gasteiger partial charge in [-0.1, -0.05) is 12.1 Å². The van der Waals surface area contributed by atoms with Gasteiger partial charge in [0.25, 0.3) is 5.91 Å². The molecular formula is C19H19FN2O2. The third-order valence-corrected chi connectivity index (χ3v) is 4.17. The van der Waals surface area contributed by atoms with Crippen LogP contribution >= 0.6 is 0 Å². The van der Waals surface area contributed by atoms with Crippen LogP contribution in [0.3, 0.4) is 0 Å². The quantitative estimate of drug-likeness (QED) is 0.887. The van der Waals surface area contributed by atoms with E-state index in [1.807, 2.05) is 0 Å². The van der Waals surface area contributed by atoms with E-state index in [0.717, 1.165) is 18.4 Å². The Balaban J connectivity index is 1.77. The van der Waals surface area contributed by atoms with Crippen LogP contribution in [0.4, 0.5) is 4.39 Å². The molecule has 0 atom stereocenters. The molecule has 5 heteroatoms. The number of hydrogen-bond donors (Lipinski definition) is 1. The first-order valence-electron chi connectivity index (χ1n) is 7.96. The van der Waals surface area contributed by atoms with Gasteiger partial charge in [-0.15, -0.1) is 0 Å². The maximum absolute atomic E-state index is 13.1. The standard InChI is InChI=1S/C19H19FN2O2/c20-17-9-3-14(4-10-17)12-22(11-13-1-2-13)19(24)16-7-5-15(6-8-16)18(21)23/h3-10,13H,1-2,11-12H2,(H2,21,23). The lowest BCUT2D eigenvalue weighted by atomic mass is 10.1. The molecule has 1 fully saturated rings. The zero-order valence-electron chi connectivity index (χ0n) is 13.2. The summed E-state index contributed by atoms with van der Waals surface area (Å²) in [5.74, 6) is -0.363. The highest BCUT2D eigenvalue weighted by molar-refractivity contribution is 5.97. The Morgan fingerprint density at radius 3 is 2.12 bits per heavy atom. The van der Waals surface area contributed by atoms with Crippen molar-refractivity contribution in [2.75, 3.05) is 6.54 Å². The first-order valence-corrected chi connectivity index (χ1v) is 7.96. The molecule has 0 unspecified atom stereocenters. The molecule has 0 saturated heterocycles. The molecule has 0 aromatic heterocycles. The molecule has 3 rings (SSSR count). The lowest BCUT2D eigenvalue weighted by Gasteiger charge is -2.23. The Kier molecular flexibility index (Phi) is 4.60. The largest absolute Gasteiger partial charge is 0.366 e. The lowest BCUT2D eigenvalue weighted by molar-refractivity contribution is 0.0734. The molecule has 0 heterocycles. The van der Waals surface area contributed by atoms with Crippen molar-refractivity contribution in [3.63, 3.8) is 0 Å². The monoisotopic (exact) mass is 326 g/mol. The highest BCUT2D eigenvalue weighted by Crippen LogP contribution is 2.30. The smallest absolute Gasteiger partial charge is 0.254 e. The second kappa shape index (κ2) is 6.83. The van der Waals surface area contributed by atoms with E-state index >= 15 is 0 Å². The third-order valence-electron chi connectivity index (χ3n) is 4.17. The van der Waals surface area contributed by atoms with E-state index < -0.39 is 5.91 Å². The minimum absolute atomic E-state index is 0.0951. The molecule has 124 valence electrons. The maximum atomic E-state index is 13.1. The predicted octanol–water partition coefficient (Wildman–Crippen LogP) is 2.98. The molecule has 2 N–H and O–H groups in total. The Hall–Kier alpha value is -2.69. The van der Waals surface area contributed by atoms with E-state index in [9.17, 15) is 14.0 Å². The number of hydrogen-bond acceptors (Lipinski definition) is 2. The summed E-state index contributed by atoms with van der Waals surface area (Å²) in [4.78, 5) is 25.7. The molecule has 24 heavy (non-hydrogen) atoms. The molecule has 0 bridgehead atoms. The number of carbonyl (C=O) groups excluding carboxylic acids is 2. The number of rotatable bonds is 6. The van der Waals surface area contributed by atoms with Crippen molar-refractivity contribution in [1.29, 1.82) is 0 Å². The molecule has 1 saturated carbocycles. The molecular weight excluding hydrogens is 307 g/mol. The van der Waals surface area contributed by atoms with Crippen molar-refractivity contribution in [3.8, 4) is 0 Å². The van der Waals surface area contributed by atoms with Crippen molar-refractivity contribution in [2.45, 2.75) is 19.4 Å². The van der Waals surface area contributed by atoms with Crippen LogP contribution in [0.5, 0.6) is 0 Å². The predicted molar refractivity (Wildman–Crippen MR) is 88.8 cm³/mol. The summed E-state index contributed by atoms with van der Waals surface area (Å²) >= 11 is 0. The van der Waals surface area contributed by atoms with E-state index in [4.69, 9.17) is 5.73 Å². The molecule has 2 aromatic rings. The van der Waals surface area contributed by atoms with Crippen LogP contribution in [0.15, 0.2) is 48.5 Å². The Labute approximate surface area is 140 Å². The van der Waals surface area contributed by atoms with Gasteiger partial charge in [0, 0.05) is 24.2 Å². The van der Waals surface area contributed by atoms with Crippen molar-refractivity contribution in [2.24, 2.45) is 11.7 Å². The van der Waals surface area contributed by atoms with E-state index in [1.165, 1.54) is 12.1 Å². The van der Waals surface area contributed by atoms with Gasteiger partial charge in [-0.05, 0) is 60.7 Å². The van der Waals surface area contributed by atoms with Gasteiger partial charge in [0.2, 0.25) is 5.91 Å². The molecule has 0 radical (unpaired) electrons. The third kappa shape index (κ3) is 3.98. The summed E-state index contributed by atoms with van der Waals surface area (Å²) < 4.78 is 13.1. The van der Waals surface area contributed by atoms with E-state index in [1.54, 1.807) is 41.3 Å². The summed E-state index contributed by atoms with van der Waals surface area (Å²) in [5.41, 5.74) is 7.00. The van der Waals surface area contributed by atoms with Crippen LogP contribution in [0, 0.1) is 11.7 Å². The van der Waals surface area contributed by atoms with Gasteiger partial charge < -0.3 is 10.6 Å². The average molecular weight is 326 g/mol. The first-order chi connectivity index (χ1) is 11.5. The maximum Gasteiger partial charge on any atom is 0.254 e. The normalized spacial score (nSPS) is 13.5. The average Bonchev–Trinajstić information content (AvgIpc) is 3.40. The van der Waals surface area contributed by atoms with Crippen molar-refractivity contribution in [1.82, 2.24) is 4.90 Å². The number of benzene rings is 2. The summed E-state index contributed by atoms with van der Waals surface area (Å²) in [7, 11) is 0. The number of carbonyl (C=O) groups is 2. The molecule has 1 aliphatic rings. The van der Waals surface area contributed by atoms with Crippen LogP contribution in [0.25, 0.3) is 0 Å². The van der Waals surface area contributed by atoms with Gasteiger partial charge >= 0.3 is 0 Å². The molecule has 2 amide bonds. The highest BCUT2D eigenvalue weighted by Gasteiger charge is 2.27. The van der Waals surface area contributed by atoms with Crippen LogP contribution < -0.4 is 5.73 Å². The summed E-state index contributed by atoms with van der Waals surface area (Å²) in [5, 5.41) is 0. The number of halogens is 1.